The van der Waals surface area contributed by atoms with E-state index in [0.717, 1.165) is 45.8 Å². The highest BCUT2D eigenvalue weighted by Crippen LogP contribution is 2.17. The zero-order chi connectivity index (χ0) is 15.2. The van der Waals surface area contributed by atoms with E-state index in [1.807, 2.05) is 0 Å². The third-order valence-electron chi connectivity index (χ3n) is 4.92. The van der Waals surface area contributed by atoms with Gasteiger partial charge >= 0.3 is 0 Å². The molecule has 0 bridgehead atoms. The molecule has 122 valence electrons. The van der Waals surface area contributed by atoms with Crippen LogP contribution in [0.1, 0.15) is 12.5 Å². The smallest absolute Gasteiger partial charge is 0.0594 e. The number of hydrogen-bond donors (Lipinski definition) is 0. The first-order valence-electron chi connectivity index (χ1n) is 8.71. The summed E-state index contributed by atoms with van der Waals surface area (Å²) in [5, 5.41) is 0. The van der Waals surface area contributed by atoms with Gasteiger partial charge in [-0.3, -0.25) is 9.80 Å². The van der Waals surface area contributed by atoms with Crippen molar-refractivity contribution >= 4 is 5.69 Å². The average Bonchev–Trinajstić information content (AvgIpc) is 2.61. The number of anilines is 1. The fourth-order valence-corrected chi connectivity index (χ4v) is 3.28. The van der Waals surface area contributed by atoms with Gasteiger partial charge in [0.25, 0.3) is 0 Å². The van der Waals surface area contributed by atoms with E-state index in [2.05, 4.69) is 45.9 Å². The average molecular weight is 303 g/mol. The largest absolute Gasteiger partial charge is 0.379 e. The number of morpholine rings is 1. The van der Waals surface area contributed by atoms with Gasteiger partial charge < -0.3 is 9.64 Å². The van der Waals surface area contributed by atoms with Crippen molar-refractivity contribution in [3.8, 4) is 0 Å². The summed E-state index contributed by atoms with van der Waals surface area (Å²) in [7, 11) is 0. The number of piperazine rings is 1. The van der Waals surface area contributed by atoms with Crippen LogP contribution < -0.4 is 4.90 Å². The lowest BCUT2D eigenvalue weighted by molar-refractivity contribution is 0.0331. The number of nitrogens with zero attached hydrogens (tertiary/aromatic N) is 3. The molecule has 0 aromatic heterocycles. The minimum Gasteiger partial charge on any atom is -0.379 e. The number of ether oxygens (including phenoxy) is 1. The summed E-state index contributed by atoms with van der Waals surface area (Å²) in [5.74, 6) is 0. The lowest BCUT2D eigenvalue weighted by Crippen LogP contribution is -2.49. The first-order chi connectivity index (χ1) is 10.8. The van der Waals surface area contributed by atoms with Gasteiger partial charge in [-0.15, -0.1) is 0 Å². The van der Waals surface area contributed by atoms with E-state index in [1.165, 1.54) is 37.4 Å². The summed E-state index contributed by atoms with van der Waals surface area (Å²) >= 11 is 0. The first kappa shape index (κ1) is 15.8. The predicted molar refractivity (Wildman–Crippen MR) is 91.7 cm³/mol. The van der Waals surface area contributed by atoms with Gasteiger partial charge in [0.15, 0.2) is 0 Å². The lowest BCUT2D eigenvalue weighted by Gasteiger charge is -2.37. The van der Waals surface area contributed by atoms with Gasteiger partial charge in [-0.25, -0.2) is 0 Å². The van der Waals surface area contributed by atoms with Gasteiger partial charge in [0.1, 0.15) is 0 Å². The van der Waals surface area contributed by atoms with Crippen LogP contribution in [-0.2, 0) is 11.2 Å². The minimum atomic E-state index is 0.904. The van der Waals surface area contributed by atoms with E-state index < -0.39 is 0 Å². The molecular weight excluding hydrogens is 274 g/mol. The highest BCUT2D eigenvalue weighted by atomic mass is 16.5. The van der Waals surface area contributed by atoms with Gasteiger partial charge in [0.2, 0.25) is 0 Å². The van der Waals surface area contributed by atoms with Crippen molar-refractivity contribution in [1.82, 2.24) is 9.80 Å². The Labute approximate surface area is 134 Å². The molecule has 0 spiro atoms. The molecule has 0 saturated carbocycles. The standard InChI is InChI=1S/C18H29N3O/c1-2-17-3-5-18(6-4-17)21-11-9-19(10-12-21)7-8-20-13-15-22-16-14-20/h3-6H,2,7-16H2,1H3. The Bertz CT molecular complexity index is 434. The monoisotopic (exact) mass is 303 g/mol. The van der Waals surface area contributed by atoms with Crippen LogP contribution >= 0.6 is 0 Å². The van der Waals surface area contributed by atoms with Crippen molar-refractivity contribution in [1.29, 1.82) is 0 Å². The Morgan fingerprint density at radius 2 is 1.41 bits per heavy atom. The molecule has 0 unspecified atom stereocenters. The van der Waals surface area contributed by atoms with Crippen LogP contribution in [0, 0.1) is 0 Å². The van der Waals surface area contributed by atoms with Crippen LogP contribution in [0.15, 0.2) is 24.3 Å². The van der Waals surface area contributed by atoms with Crippen molar-refractivity contribution < 1.29 is 4.74 Å². The molecule has 4 nitrogen and oxygen atoms in total. The molecule has 2 aliphatic rings. The maximum Gasteiger partial charge on any atom is 0.0594 e. The predicted octanol–water partition coefficient (Wildman–Crippen LogP) is 1.70. The van der Waals surface area contributed by atoms with Crippen LogP contribution in [0.25, 0.3) is 0 Å². The second-order valence-electron chi connectivity index (χ2n) is 6.30. The molecule has 2 aliphatic heterocycles. The Morgan fingerprint density at radius 1 is 0.818 bits per heavy atom. The Morgan fingerprint density at radius 3 is 2.00 bits per heavy atom. The second kappa shape index (κ2) is 7.95. The number of benzene rings is 1. The molecule has 0 N–H and O–H groups in total. The molecule has 0 amide bonds. The highest BCUT2D eigenvalue weighted by molar-refractivity contribution is 5.48. The topological polar surface area (TPSA) is 19.0 Å². The van der Waals surface area contributed by atoms with Gasteiger partial charge in [-0.1, -0.05) is 19.1 Å². The molecular formula is C18H29N3O. The molecule has 3 rings (SSSR count). The van der Waals surface area contributed by atoms with E-state index in [0.29, 0.717) is 0 Å². The van der Waals surface area contributed by atoms with Crippen LogP contribution in [0.5, 0.6) is 0 Å². The van der Waals surface area contributed by atoms with Gasteiger partial charge in [0.05, 0.1) is 13.2 Å². The maximum atomic E-state index is 5.41. The minimum absolute atomic E-state index is 0.904. The third-order valence-corrected chi connectivity index (χ3v) is 4.92. The normalized spacial score (nSPS) is 21.2. The van der Waals surface area contributed by atoms with Crippen molar-refractivity contribution in [2.45, 2.75) is 13.3 Å². The van der Waals surface area contributed by atoms with Crippen LogP contribution in [0.4, 0.5) is 5.69 Å². The number of rotatable bonds is 5. The molecule has 2 fully saturated rings. The molecule has 1 aromatic carbocycles. The van der Waals surface area contributed by atoms with E-state index in [4.69, 9.17) is 4.74 Å². The third kappa shape index (κ3) is 4.22. The summed E-state index contributed by atoms with van der Waals surface area (Å²) < 4.78 is 5.41. The highest BCUT2D eigenvalue weighted by Gasteiger charge is 2.18. The van der Waals surface area contributed by atoms with Crippen LogP contribution in [0.2, 0.25) is 0 Å². The SMILES string of the molecule is CCc1ccc(N2CCN(CCN3CCOCC3)CC2)cc1. The second-order valence-corrected chi connectivity index (χ2v) is 6.30. The van der Waals surface area contributed by atoms with E-state index in [1.54, 1.807) is 0 Å². The van der Waals surface area contributed by atoms with Crippen molar-refractivity contribution in [2.24, 2.45) is 0 Å². The molecule has 0 atom stereocenters. The summed E-state index contributed by atoms with van der Waals surface area (Å²) in [4.78, 5) is 7.65. The molecule has 0 radical (unpaired) electrons. The quantitative estimate of drug-likeness (QED) is 0.824. The zero-order valence-electron chi connectivity index (χ0n) is 13.8. The van der Waals surface area contributed by atoms with Gasteiger partial charge in [-0.05, 0) is 24.1 Å². The molecule has 1 aromatic rings. The number of aryl methyl sites for hydroxylation is 1. The summed E-state index contributed by atoms with van der Waals surface area (Å²) in [6.07, 6.45) is 1.12. The van der Waals surface area contributed by atoms with E-state index >= 15 is 0 Å². The Balaban J connectivity index is 1.41. The van der Waals surface area contributed by atoms with Gasteiger partial charge in [-0.2, -0.15) is 0 Å². The molecule has 2 heterocycles. The molecule has 2 saturated heterocycles. The van der Waals surface area contributed by atoms with E-state index in [-0.39, 0.29) is 0 Å². The molecule has 0 aliphatic carbocycles. The zero-order valence-corrected chi connectivity index (χ0v) is 13.8. The fraction of sp³-hybridized carbons (Fsp3) is 0.667. The van der Waals surface area contributed by atoms with Gasteiger partial charge in [0, 0.05) is 58.0 Å². The van der Waals surface area contributed by atoms with Crippen molar-refractivity contribution in [2.75, 3.05) is 70.5 Å². The molecule has 22 heavy (non-hydrogen) atoms. The first-order valence-corrected chi connectivity index (χ1v) is 8.71. The van der Waals surface area contributed by atoms with Crippen LogP contribution in [-0.4, -0.2) is 75.4 Å². The Kier molecular flexibility index (Phi) is 5.70. The summed E-state index contributed by atoms with van der Waals surface area (Å²) in [5.41, 5.74) is 2.80. The fourth-order valence-electron chi connectivity index (χ4n) is 3.28. The molecule has 4 heteroatoms. The van der Waals surface area contributed by atoms with Crippen molar-refractivity contribution in [3.63, 3.8) is 0 Å². The van der Waals surface area contributed by atoms with Crippen molar-refractivity contribution in [3.05, 3.63) is 29.8 Å². The Hall–Kier alpha value is -1.10. The number of hydrogen-bond acceptors (Lipinski definition) is 4. The summed E-state index contributed by atoms with van der Waals surface area (Å²) in [6, 6.07) is 9.09. The lowest BCUT2D eigenvalue weighted by atomic mass is 10.1. The maximum absolute atomic E-state index is 5.41. The summed E-state index contributed by atoms with van der Waals surface area (Å²) in [6.45, 7) is 13.3. The van der Waals surface area contributed by atoms with E-state index in [9.17, 15) is 0 Å². The van der Waals surface area contributed by atoms with Crippen LogP contribution in [0.3, 0.4) is 0 Å².